The third kappa shape index (κ3) is 9.58. The van der Waals surface area contributed by atoms with Crippen molar-refractivity contribution in [3.8, 4) is 16.9 Å². The molecule has 42 heavy (non-hydrogen) atoms. The Hall–Kier alpha value is -3.91. The van der Waals surface area contributed by atoms with Crippen LogP contribution < -0.4 is 10.6 Å². The van der Waals surface area contributed by atoms with E-state index in [0.29, 0.717) is 6.54 Å². The quantitative estimate of drug-likeness (QED) is 0.175. The van der Waals surface area contributed by atoms with Crippen molar-refractivity contribution < 1.29 is 23.8 Å². The molecule has 3 aromatic carbocycles. The van der Waals surface area contributed by atoms with Crippen LogP contribution >= 0.6 is 0 Å². The van der Waals surface area contributed by atoms with E-state index >= 15 is 0 Å². The lowest BCUT2D eigenvalue weighted by molar-refractivity contribution is 0.0584. The molecule has 8 heteroatoms. The first-order valence-corrected chi connectivity index (χ1v) is 15.1. The van der Waals surface area contributed by atoms with Crippen LogP contribution in [0.3, 0.4) is 0 Å². The number of rotatable bonds is 14. The Kier molecular flexibility index (Phi) is 12.2. The van der Waals surface area contributed by atoms with Gasteiger partial charge in [0, 0.05) is 25.2 Å². The van der Waals surface area contributed by atoms with E-state index in [9.17, 15) is 19.1 Å². The van der Waals surface area contributed by atoms with Crippen LogP contribution in [0.15, 0.2) is 72.8 Å². The summed E-state index contributed by atoms with van der Waals surface area (Å²) in [5, 5.41) is 15.3. The normalized spacial score (nSPS) is 13.9. The van der Waals surface area contributed by atoms with Gasteiger partial charge in [-0.1, -0.05) is 86.7 Å². The second kappa shape index (κ2) is 16.5. The molecular formula is C34H42FN3O4. The molecule has 7 nitrogen and oxygen atoms in total. The number of benzene rings is 3. The number of unbranched alkanes of at least 4 members (excludes halogenated alkanes) is 6. The minimum Gasteiger partial charge on any atom is -0.504 e. The maximum absolute atomic E-state index is 13.4. The highest BCUT2D eigenvalue weighted by molar-refractivity contribution is 5.96. The van der Waals surface area contributed by atoms with Gasteiger partial charge in [-0.25, -0.2) is 9.18 Å². The fourth-order valence-corrected chi connectivity index (χ4v) is 5.34. The summed E-state index contributed by atoms with van der Waals surface area (Å²) in [6, 6.07) is 21.7. The van der Waals surface area contributed by atoms with Crippen molar-refractivity contribution >= 4 is 17.7 Å². The lowest BCUT2D eigenvalue weighted by Gasteiger charge is -2.31. The molecule has 1 heterocycles. The van der Waals surface area contributed by atoms with Crippen molar-refractivity contribution in [2.24, 2.45) is 0 Å². The predicted octanol–water partition coefficient (Wildman–Crippen LogP) is 7.37. The van der Waals surface area contributed by atoms with Crippen LogP contribution in [0.2, 0.25) is 0 Å². The molecule has 3 N–H and O–H groups in total. The summed E-state index contributed by atoms with van der Waals surface area (Å²) in [5.41, 5.74) is 2.74. The molecule has 0 spiro atoms. The minimum atomic E-state index is -0.789. The topological polar surface area (TPSA) is 90.9 Å². The Balaban J connectivity index is 1.01. The summed E-state index contributed by atoms with van der Waals surface area (Å²) in [6.45, 7) is 3.47. The van der Waals surface area contributed by atoms with Crippen LogP contribution in [0.4, 0.5) is 14.9 Å². The maximum atomic E-state index is 13.4. The predicted molar refractivity (Wildman–Crippen MR) is 164 cm³/mol. The molecule has 0 bridgehead atoms. The Morgan fingerprint density at radius 1 is 0.833 bits per heavy atom. The molecule has 1 fully saturated rings. The molecule has 4 rings (SSSR count). The number of amides is 2. The zero-order valence-electron chi connectivity index (χ0n) is 24.2. The number of phenols is 1. The number of carbonyl (C=O) groups excluding carboxylic acids is 2. The number of phenolic OH excluding ortho intramolecular Hbond substituents is 1. The monoisotopic (exact) mass is 575 g/mol. The summed E-state index contributed by atoms with van der Waals surface area (Å²) < 4.78 is 19.1. The average Bonchev–Trinajstić information content (AvgIpc) is 3.01. The van der Waals surface area contributed by atoms with Crippen LogP contribution in [-0.4, -0.2) is 54.3 Å². The van der Waals surface area contributed by atoms with Gasteiger partial charge >= 0.3 is 6.09 Å². The molecule has 0 aromatic heterocycles. The van der Waals surface area contributed by atoms with Gasteiger partial charge in [-0.15, -0.1) is 0 Å². The molecule has 2 amide bonds. The number of anilines is 1. The van der Waals surface area contributed by atoms with Gasteiger partial charge in [0.25, 0.3) is 5.91 Å². The van der Waals surface area contributed by atoms with E-state index in [1.165, 1.54) is 25.0 Å². The number of ether oxygens (including phenoxy) is 1. The van der Waals surface area contributed by atoms with Gasteiger partial charge < -0.3 is 20.1 Å². The van der Waals surface area contributed by atoms with E-state index in [1.54, 1.807) is 0 Å². The maximum Gasteiger partial charge on any atom is 0.411 e. The molecule has 224 valence electrons. The summed E-state index contributed by atoms with van der Waals surface area (Å²) in [6.07, 6.45) is 8.94. The lowest BCUT2D eigenvalue weighted by atomic mass is 10.0. The fraction of sp³-hybridized carbons (Fsp3) is 0.412. The highest BCUT2D eigenvalue weighted by Gasteiger charge is 2.22. The number of nitrogens with one attached hydrogen (secondary N) is 2. The summed E-state index contributed by atoms with van der Waals surface area (Å²) in [5.74, 6) is -1.84. The van der Waals surface area contributed by atoms with Gasteiger partial charge in [0.05, 0.1) is 11.3 Å². The van der Waals surface area contributed by atoms with Gasteiger partial charge in [-0.3, -0.25) is 10.1 Å². The second-order valence-corrected chi connectivity index (χ2v) is 10.8. The first-order valence-electron chi connectivity index (χ1n) is 15.1. The van der Waals surface area contributed by atoms with Crippen molar-refractivity contribution in [2.75, 3.05) is 31.5 Å². The number of carbonyl (C=O) groups is 2. The number of aromatic hydroxyl groups is 1. The summed E-state index contributed by atoms with van der Waals surface area (Å²) in [4.78, 5) is 27.2. The minimum absolute atomic E-state index is 0.0297. The van der Waals surface area contributed by atoms with Crippen molar-refractivity contribution in [3.63, 3.8) is 0 Å². The van der Waals surface area contributed by atoms with E-state index in [4.69, 9.17) is 4.74 Å². The molecule has 0 unspecified atom stereocenters. The van der Waals surface area contributed by atoms with Gasteiger partial charge in [-0.2, -0.15) is 0 Å². The van der Waals surface area contributed by atoms with Crippen molar-refractivity contribution in [3.05, 3.63) is 84.2 Å². The Morgan fingerprint density at radius 2 is 1.50 bits per heavy atom. The first kappa shape index (κ1) is 31.0. The standard InChI is InChI=1S/C34H42FN3O4/c35-30-18-13-17-29(32(30)39)33(40)36-22-11-4-2-1-3-5-12-23-38-24-20-27(21-25-38)42-34(41)37-31-19-10-9-16-28(31)26-14-7-6-8-15-26/h6-10,13-19,27,39H,1-5,11-12,20-25H2,(H,36,40)(H,37,41). The van der Waals surface area contributed by atoms with Crippen molar-refractivity contribution in [2.45, 2.75) is 63.9 Å². The smallest absolute Gasteiger partial charge is 0.411 e. The first-order chi connectivity index (χ1) is 20.5. The molecule has 3 aromatic rings. The van der Waals surface area contributed by atoms with Gasteiger partial charge in [0.2, 0.25) is 0 Å². The summed E-state index contributed by atoms with van der Waals surface area (Å²) >= 11 is 0. The molecule has 1 aliphatic heterocycles. The zero-order chi connectivity index (χ0) is 29.6. The highest BCUT2D eigenvalue weighted by atomic mass is 19.1. The molecule has 1 aliphatic rings. The van der Waals surface area contributed by atoms with Gasteiger partial charge in [-0.05, 0) is 56.0 Å². The number of para-hydroxylation sites is 2. The second-order valence-electron chi connectivity index (χ2n) is 10.8. The van der Waals surface area contributed by atoms with Crippen molar-refractivity contribution in [1.29, 1.82) is 0 Å². The van der Waals surface area contributed by atoms with Crippen molar-refractivity contribution in [1.82, 2.24) is 10.2 Å². The van der Waals surface area contributed by atoms with E-state index in [2.05, 4.69) is 15.5 Å². The van der Waals surface area contributed by atoms with E-state index in [1.807, 2.05) is 54.6 Å². The molecule has 0 saturated carbocycles. The Labute approximate surface area is 248 Å². The van der Waals surface area contributed by atoms with Crippen LogP contribution in [0.25, 0.3) is 11.1 Å². The number of piperidine rings is 1. The molecular weight excluding hydrogens is 533 g/mol. The third-order valence-electron chi connectivity index (χ3n) is 7.72. The third-order valence-corrected chi connectivity index (χ3v) is 7.72. The van der Waals surface area contributed by atoms with Gasteiger partial charge in [0.1, 0.15) is 6.10 Å². The highest BCUT2D eigenvalue weighted by Crippen LogP contribution is 2.28. The lowest BCUT2D eigenvalue weighted by Crippen LogP contribution is -2.38. The Bertz CT molecular complexity index is 1280. The molecule has 1 saturated heterocycles. The van der Waals surface area contributed by atoms with Crippen LogP contribution in [0.1, 0.15) is 68.1 Å². The van der Waals surface area contributed by atoms with Crippen LogP contribution in [-0.2, 0) is 4.74 Å². The number of halogens is 1. The van der Waals surface area contributed by atoms with E-state index in [-0.39, 0.29) is 11.7 Å². The van der Waals surface area contributed by atoms with E-state index in [0.717, 1.165) is 87.5 Å². The van der Waals surface area contributed by atoms with Crippen LogP contribution in [0.5, 0.6) is 5.75 Å². The fourth-order valence-electron chi connectivity index (χ4n) is 5.34. The summed E-state index contributed by atoms with van der Waals surface area (Å²) in [7, 11) is 0. The Morgan fingerprint density at radius 3 is 2.26 bits per heavy atom. The number of nitrogens with zero attached hydrogens (tertiary/aromatic N) is 1. The largest absolute Gasteiger partial charge is 0.504 e. The molecule has 0 radical (unpaired) electrons. The number of hydrogen-bond acceptors (Lipinski definition) is 5. The van der Waals surface area contributed by atoms with E-state index < -0.39 is 23.6 Å². The van der Waals surface area contributed by atoms with Gasteiger partial charge in [0.15, 0.2) is 11.6 Å². The SMILES string of the molecule is O=C(Nc1ccccc1-c1ccccc1)OC1CCN(CCCCCCCCCNC(=O)c2cccc(F)c2O)CC1. The molecule has 0 aliphatic carbocycles. The zero-order valence-corrected chi connectivity index (χ0v) is 24.2. The average molecular weight is 576 g/mol. The van der Waals surface area contributed by atoms with Crippen LogP contribution in [0, 0.1) is 5.82 Å². The number of hydrogen-bond donors (Lipinski definition) is 3. The molecule has 0 atom stereocenters. The number of likely N-dealkylation sites (tertiary alicyclic amines) is 1.